The first-order valence-electron chi connectivity index (χ1n) is 6.25. The Kier molecular flexibility index (Phi) is 2.12. The molecule has 0 radical (unpaired) electrons. The molecule has 0 aromatic heterocycles. The van der Waals surface area contributed by atoms with Crippen molar-refractivity contribution in [2.75, 3.05) is 0 Å². The maximum absolute atomic E-state index is 6.37. The minimum absolute atomic E-state index is 0.143. The van der Waals surface area contributed by atoms with Crippen LogP contribution >= 0.6 is 11.8 Å². The topological polar surface area (TPSA) is 9.23 Å². The Labute approximate surface area is 108 Å². The molecule has 2 aliphatic heterocycles. The average Bonchev–Trinajstić information content (AvgIpc) is 2.49. The molecule has 0 saturated carbocycles. The van der Waals surface area contributed by atoms with Crippen molar-refractivity contribution in [2.24, 2.45) is 5.41 Å². The van der Waals surface area contributed by atoms with E-state index in [0.29, 0.717) is 0 Å². The van der Waals surface area contributed by atoms with Crippen molar-refractivity contribution in [3.8, 4) is 0 Å². The van der Waals surface area contributed by atoms with E-state index in [1.165, 1.54) is 11.1 Å². The number of hydrogen-bond donors (Lipinski definition) is 0. The van der Waals surface area contributed by atoms with Gasteiger partial charge in [-0.05, 0) is 31.9 Å². The zero-order valence-electron chi connectivity index (χ0n) is 11.2. The second-order valence-electron chi connectivity index (χ2n) is 6.36. The van der Waals surface area contributed by atoms with E-state index in [1.54, 1.807) is 0 Å². The molecule has 2 bridgehead atoms. The molecule has 2 atom stereocenters. The summed E-state index contributed by atoms with van der Waals surface area (Å²) in [5, 5.41) is 0. The molecule has 3 rings (SSSR count). The lowest BCUT2D eigenvalue weighted by Crippen LogP contribution is -2.47. The van der Waals surface area contributed by atoms with Crippen molar-refractivity contribution in [1.82, 2.24) is 0 Å². The Balaban J connectivity index is 2.24. The molecule has 92 valence electrons. The van der Waals surface area contributed by atoms with Crippen LogP contribution in [0.2, 0.25) is 0 Å². The van der Waals surface area contributed by atoms with E-state index < -0.39 is 0 Å². The number of thioether (sulfide) groups is 1. The van der Waals surface area contributed by atoms with Crippen LogP contribution in [0.15, 0.2) is 24.3 Å². The molecule has 0 aliphatic carbocycles. The highest BCUT2D eigenvalue weighted by Crippen LogP contribution is 2.68. The molecular formula is C15H20OS. The Morgan fingerprint density at radius 2 is 1.71 bits per heavy atom. The van der Waals surface area contributed by atoms with Gasteiger partial charge in [0.2, 0.25) is 0 Å². The van der Waals surface area contributed by atoms with E-state index >= 15 is 0 Å². The molecule has 2 aliphatic rings. The van der Waals surface area contributed by atoms with Crippen molar-refractivity contribution < 1.29 is 4.74 Å². The van der Waals surface area contributed by atoms with Gasteiger partial charge in [0.1, 0.15) is 4.93 Å². The minimum Gasteiger partial charge on any atom is -0.352 e. The van der Waals surface area contributed by atoms with E-state index in [4.69, 9.17) is 4.74 Å². The summed E-state index contributed by atoms with van der Waals surface area (Å²) < 4.78 is 6.58. The first-order chi connectivity index (χ1) is 7.78. The van der Waals surface area contributed by atoms with E-state index in [-0.39, 0.29) is 21.2 Å². The number of rotatable bonds is 0. The fraction of sp³-hybridized carbons (Fsp3) is 0.600. The quantitative estimate of drug-likeness (QED) is 0.669. The Morgan fingerprint density at radius 1 is 1.06 bits per heavy atom. The van der Waals surface area contributed by atoms with Crippen molar-refractivity contribution in [3.63, 3.8) is 0 Å². The first-order valence-corrected chi connectivity index (χ1v) is 7.07. The average molecular weight is 248 g/mol. The third-order valence-electron chi connectivity index (χ3n) is 4.73. The fourth-order valence-corrected chi connectivity index (χ4v) is 4.82. The monoisotopic (exact) mass is 248 g/mol. The standard InChI is InChI=1S/C15H20OS/c1-13(2)12-10-8-6-7-9-11(10)15(5,16-12)17-14(13,3)4/h6-9,12H,1-5H3. The molecule has 0 N–H and O–H groups in total. The molecule has 2 heteroatoms. The summed E-state index contributed by atoms with van der Waals surface area (Å²) in [4.78, 5) is -0.166. The molecule has 1 nitrogen and oxygen atoms in total. The van der Waals surface area contributed by atoms with Gasteiger partial charge in [0.05, 0.1) is 6.10 Å². The van der Waals surface area contributed by atoms with Crippen LogP contribution in [0.25, 0.3) is 0 Å². The number of fused-ring (bicyclic) bond motifs is 5. The summed E-state index contributed by atoms with van der Waals surface area (Å²) in [6.45, 7) is 11.6. The van der Waals surface area contributed by atoms with E-state index in [9.17, 15) is 0 Å². The molecule has 1 fully saturated rings. The molecule has 17 heavy (non-hydrogen) atoms. The third-order valence-corrected chi connectivity index (χ3v) is 6.47. The number of ether oxygens (including phenoxy) is 1. The van der Waals surface area contributed by atoms with Crippen LogP contribution in [0.1, 0.15) is 51.8 Å². The van der Waals surface area contributed by atoms with Crippen LogP contribution in [-0.4, -0.2) is 4.75 Å². The highest BCUT2D eigenvalue weighted by Gasteiger charge is 2.60. The summed E-state index contributed by atoms with van der Waals surface area (Å²) in [6.07, 6.45) is 0.222. The maximum Gasteiger partial charge on any atom is 0.138 e. The maximum atomic E-state index is 6.37. The van der Waals surface area contributed by atoms with E-state index in [2.05, 4.69) is 58.9 Å². The van der Waals surface area contributed by atoms with Gasteiger partial charge in [-0.15, -0.1) is 11.8 Å². The first kappa shape index (κ1) is 11.6. The molecule has 1 saturated heterocycles. The summed E-state index contributed by atoms with van der Waals surface area (Å²) in [5.41, 5.74) is 2.90. The minimum atomic E-state index is -0.166. The summed E-state index contributed by atoms with van der Waals surface area (Å²) in [5.74, 6) is 0. The molecule has 1 aromatic rings. The second-order valence-corrected chi connectivity index (χ2v) is 8.37. The van der Waals surface area contributed by atoms with E-state index in [0.717, 1.165) is 0 Å². The van der Waals surface area contributed by atoms with Crippen LogP contribution in [0.4, 0.5) is 0 Å². The molecule has 0 amide bonds. The zero-order chi connectivity index (χ0) is 12.5. The van der Waals surface area contributed by atoms with Gasteiger partial charge in [0, 0.05) is 10.2 Å². The predicted octanol–water partition coefficient (Wildman–Crippen LogP) is 4.48. The van der Waals surface area contributed by atoms with Crippen LogP contribution in [0, 0.1) is 5.41 Å². The highest BCUT2D eigenvalue weighted by atomic mass is 32.2. The normalized spacial score (nSPS) is 36.6. The van der Waals surface area contributed by atoms with Gasteiger partial charge in [-0.25, -0.2) is 0 Å². The van der Waals surface area contributed by atoms with E-state index in [1.807, 2.05) is 11.8 Å². The van der Waals surface area contributed by atoms with Gasteiger partial charge in [0.15, 0.2) is 0 Å². The van der Waals surface area contributed by atoms with Crippen molar-refractivity contribution in [2.45, 2.75) is 50.4 Å². The molecule has 2 heterocycles. The number of benzene rings is 1. The Hall–Kier alpha value is -0.470. The third kappa shape index (κ3) is 1.31. The Bertz CT molecular complexity index is 478. The van der Waals surface area contributed by atoms with Gasteiger partial charge < -0.3 is 4.74 Å². The fourth-order valence-electron chi connectivity index (χ4n) is 3.04. The smallest absolute Gasteiger partial charge is 0.138 e. The SMILES string of the molecule is CC12OC(c3ccccc31)C(C)(C)C(C)(C)S2. The molecule has 0 spiro atoms. The van der Waals surface area contributed by atoms with Crippen LogP contribution in [0.3, 0.4) is 0 Å². The zero-order valence-corrected chi connectivity index (χ0v) is 12.0. The van der Waals surface area contributed by atoms with Crippen molar-refractivity contribution in [3.05, 3.63) is 35.4 Å². The highest BCUT2D eigenvalue weighted by molar-refractivity contribution is 8.01. The number of hydrogen-bond acceptors (Lipinski definition) is 2. The lowest BCUT2D eigenvalue weighted by molar-refractivity contribution is -0.0912. The lowest BCUT2D eigenvalue weighted by atomic mass is 9.73. The van der Waals surface area contributed by atoms with Crippen molar-refractivity contribution >= 4 is 11.8 Å². The largest absolute Gasteiger partial charge is 0.352 e. The Morgan fingerprint density at radius 3 is 2.41 bits per heavy atom. The van der Waals surface area contributed by atoms with Crippen LogP contribution < -0.4 is 0 Å². The van der Waals surface area contributed by atoms with Gasteiger partial charge in [-0.2, -0.15) is 0 Å². The molecule has 2 unspecified atom stereocenters. The summed E-state index contributed by atoms with van der Waals surface area (Å²) in [6, 6.07) is 8.70. The second kappa shape index (κ2) is 3.10. The summed E-state index contributed by atoms with van der Waals surface area (Å²) in [7, 11) is 0. The van der Waals surface area contributed by atoms with Crippen LogP contribution in [-0.2, 0) is 9.67 Å². The van der Waals surface area contributed by atoms with Gasteiger partial charge in [0.25, 0.3) is 0 Å². The predicted molar refractivity (Wildman–Crippen MR) is 73.1 cm³/mol. The van der Waals surface area contributed by atoms with Crippen LogP contribution in [0.5, 0.6) is 0 Å². The molecule has 1 aromatic carbocycles. The van der Waals surface area contributed by atoms with Gasteiger partial charge >= 0.3 is 0 Å². The molecular weight excluding hydrogens is 228 g/mol. The van der Waals surface area contributed by atoms with Gasteiger partial charge in [-0.1, -0.05) is 38.1 Å². The lowest BCUT2D eigenvalue weighted by Gasteiger charge is -2.52. The van der Waals surface area contributed by atoms with Crippen molar-refractivity contribution in [1.29, 1.82) is 0 Å². The van der Waals surface area contributed by atoms with Gasteiger partial charge in [-0.3, -0.25) is 0 Å². The summed E-state index contributed by atoms with van der Waals surface area (Å²) >= 11 is 1.96.